The van der Waals surface area contributed by atoms with E-state index in [-0.39, 0.29) is 11.9 Å². The average molecular weight is 686 g/mol. The SMILES string of the molecule is COC(=O)CC1CCN(Cc2cc(Oc3cnc(N4CCCN(OC(=O)C(C)(C)C)CC4)nc3)nc(-c3cc(Cl)cc(Cl)c3)c2)CC1. The molecule has 0 atom stereocenters. The van der Waals surface area contributed by atoms with E-state index in [1.165, 1.54) is 7.11 Å². The summed E-state index contributed by atoms with van der Waals surface area (Å²) in [5.74, 6) is 1.36. The highest BCUT2D eigenvalue weighted by atomic mass is 35.5. The normalized spacial score (nSPS) is 16.9. The molecule has 0 N–H and O–H groups in total. The largest absolute Gasteiger partial charge is 0.469 e. The van der Waals surface area contributed by atoms with E-state index in [1.807, 2.05) is 45.0 Å². The van der Waals surface area contributed by atoms with Gasteiger partial charge in [0.25, 0.3) is 0 Å². The summed E-state index contributed by atoms with van der Waals surface area (Å²) >= 11 is 12.7. The molecule has 11 nitrogen and oxygen atoms in total. The van der Waals surface area contributed by atoms with Crippen molar-refractivity contribution in [2.24, 2.45) is 11.3 Å². The van der Waals surface area contributed by atoms with Gasteiger partial charge in [-0.1, -0.05) is 23.2 Å². The number of carbonyl (C=O) groups is 2. The molecular weight excluding hydrogens is 643 g/mol. The van der Waals surface area contributed by atoms with Gasteiger partial charge in [0.05, 0.1) is 37.2 Å². The van der Waals surface area contributed by atoms with Crippen LogP contribution in [0.15, 0.2) is 42.7 Å². The summed E-state index contributed by atoms with van der Waals surface area (Å²) in [7, 11) is 1.44. The first kappa shape index (κ1) is 34.8. The van der Waals surface area contributed by atoms with Gasteiger partial charge < -0.3 is 19.2 Å². The molecule has 0 saturated carbocycles. The molecular formula is C34H42Cl2N6O5. The number of halogens is 2. The van der Waals surface area contributed by atoms with Crippen molar-refractivity contribution in [2.75, 3.05) is 51.3 Å². The Balaban J connectivity index is 1.28. The Hall–Kier alpha value is -3.51. The molecule has 3 aromatic rings. The maximum Gasteiger partial charge on any atom is 0.330 e. The maximum atomic E-state index is 12.3. The third kappa shape index (κ3) is 9.99. The van der Waals surface area contributed by atoms with Crippen molar-refractivity contribution in [1.29, 1.82) is 0 Å². The number of anilines is 1. The Kier molecular flexibility index (Phi) is 11.5. The fourth-order valence-electron chi connectivity index (χ4n) is 5.56. The number of aromatic nitrogens is 3. The van der Waals surface area contributed by atoms with Crippen molar-refractivity contribution >= 4 is 41.1 Å². The summed E-state index contributed by atoms with van der Waals surface area (Å²) in [6.45, 7) is 10.5. The summed E-state index contributed by atoms with van der Waals surface area (Å²) < 4.78 is 11.1. The molecule has 2 saturated heterocycles. The monoisotopic (exact) mass is 684 g/mol. The van der Waals surface area contributed by atoms with E-state index < -0.39 is 5.41 Å². The van der Waals surface area contributed by atoms with Gasteiger partial charge in [-0.3, -0.25) is 9.69 Å². The average Bonchev–Trinajstić information content (AvgIpc) is 3.27. The fourth-order valence-corrected chi connectivity index (χ4v) is 6.09. The number of ether oxygens (including phenoxy) is 2. The molecule has 0 radical (unpaired) electrons. The first-order valence-electron chi connectivity index (χ1n) is 15.9. The number of hydrogen-bond donors (Lipinski definition) is 0. The first-order chi connectivity index (χ1) is 22.4. The molecule has 0 spiro atoms. The Morgan fingerprint density at radius 2 is 1.62 bits per heavy atom. The van der Waals surface area contributed by atoms with Crippen molar-refractivity contribution in [2.45, 2.75) is 53.0 Å². The summed E-state index contributed by atoms with van der Waals surface area (Å²) in [5.41, 5.74) is 1.92. The zero-order chi connectivity index (χ0) is 33.6. The molecule has 5 rings (SSSR count). The number of likely N-dealkylation sites (tertiary alicyclic amines) is 1. The Morgan fingerprint density at radius 1 is 0.915 bits per heavy atom. The zero-order valence-corrected chi connectivity index (χ0v) is 28.9. The predicted octanol–water partition coefficient (Wildman–Crippen LogP) is 6.43. The van der Waals surface area contributed by atoms with Gasteiger partial charge >= 0.3 is 11.9 Å². The number of rotatable bonds is 9. The number of benzene rings is 1. The van der Waals surface area contributed by atoms with Crippen molar-refractivity contribution in [3.05, 3.63) is 58.3 Å². The second kappa shape index (κ2) is 15.6. The zero-order valence-electron chi connectivity index (χ0n) is 27.4. The molecule has 13 heteroatoms. The number of pyridine rings is 1. The van der Waals surface area contributed by atoms with Crippen LogP contribution in [-0.4, -0.2) is 83.2 Å². The minimum Gasteiger partial charge on any atom is -0.469 e. The lowest BCUT2D eigenvalue weighted by Gasteiger charge is -2.31. The molecule has 47 heavy (non-hydrogen) atoms. The number of esters is 1. The number of methoxy groups -OCH3 is 1. The minimum atomic E-state index is -0.564. The fraction of sp³-hybridized carbons (Fsp3) is 0.500. The highest BCUT2D eigenvalue weighted by Crippen LogP contribution is 2.31. The summed E-state index contributed by atoms with van der Waals surface area (Å²) in [6, 6.07) is 9.28. The lowest BCUT2D eigenvalue weighted by molar-refractivity contribution is -0.199. The second-order valence-electron chi connectivity index (χ2n) is 13.1. The molecule has 2 aliphatic heterocycles. The van der Waals surface area contributed by atoms with Crippen LogP contribution >= 0.6 is 23.2 Å². The Morgan fingerprint density at radius 3 is 2.28 bits per heavy atom. The predicted molar refractivity (Wildman–Crippen MR) is 180 cm³/mol. The standard InChI is InChI=1S/C34H42Cl2N6O5/c1-34(2,3)32(44)47-42-9-5-8-41(12-13-42)33-37-20-28(21-38-33)46-30-15-24(14-29(39-30)25-17-26(35)19-27(36)18-25)22-40-10-6-23(7-11-40)16-31(43)45-4/h14-15,17-21,23H,5-13,16,22H2,1-4H3. The van der Waals surface area contributed by atoms with Crippen LogP contribution in [0.3, 0.4) is 0 Å². The van der Waals surface area contributed by atoms with Crippen molar-refractivity contribution < 1.29 is 23.9 Å². The number of piperidine rings is 1. The third-order valence-electron chi connectivity index (χ3n) is 8.22. The van der Waals surface area contributed by atoms with Gasteiger partial charge in [0.15, 0.2) is 5.75 Å². The van der Waals surface area contributed by atoms with E-state index in [2.05, 4.69) is 19.8 Å². The summed E-state index contributed by atoms with van der Waals surface area (Å²) in [4.78, 5) is 48.1. The van der Waals surface area contributed by atoms with Gasteiger partial charge in [0.1, 0.15) is 0 Å². The molecule has 2 fully saturated rings. The maximum absolute atomic E-state index is 12.3. The van der Waals surface area contributed by atoms with Crippen LogP contribution in [0.25, 0.3) is 11.3 Å². The highest BCUT2D eigenvalue weighted by Gasteiger charge is 2.28. The van der Waals surface area contributed by atoms with E-state index in [9.17, 15) is 9.59 Å². The van der Waals surface area contributed by atoms with Crippen LogP contribution in [0.1, 0.15) is 52.0 Å². The van der Waals surface area contributed by atoms with Crippen molar-refractivity contribution in [3.8, 4) is 22.9 Å². The van der Waals surface area contributed by atoms with Crippen molar-refractivity contribution in [3.63, 3.8) is 0 Å². The quantitative estimate of drug-likeness (QED) is 0.233. The summed E-state index contributed by atoms with van der Waals surface area (Å²) in [5, 5.41) is 2.75. The van der Waals surface area contributed by atoms with Gasteiger partial charge in [0.2, 0.25) is 11.8 Å². The van der Waals surface area contributed by atoms with Gasteiger partial charge in [-0.25, -0.2) is 19.7 Å². The van der Waals surface area contributed by atoms with E-state index in [4.69, 9.17) is 42.5 Å². The van der Waals surface area contributed by atoms with Gasteiger partial charge in [0, 0.05) is 54.3 Å². The van der Waals surface area contributed by atoms with Crippen LogP contribution < -0.4 is 9.64 Å². The molecule has 2 aliphatic rings. The van der Waals surface area contributed by atoms with E-state index in [0.717, 1.165) is 50.0 Å². The molecule has 0 bridgehead atoms. The van der Waals surface area contributed by atoms with Crippen LogP contribution in [0.5, 0.6) is 11.6 Å². The number of hydrogen-bond acceptors (Lipinski definition) is 11. The van der Waals surface area contributed by atoms with Crippen LogP contribution in [0.2, 0.25) is 10.0 Å². The van der Waals surface area contributed by atoms with Gasteiger partial charge in [-0.05, 0) is 88.9 Å². The van der Waals surface area contributed by atoms with Gasteiger partial charge in [-0.15, -0.1) is 5.06 Å². The number of nitrogens with zero attached hydrogens (tertiary/aromatic N) is 6. The molecule has 0 amide bonds. The molecule has 0 unspecified atom stereocenters. The molecule has 4 heterocycles. The second-order valence-corrected chi connectivity index (χ2v) is 13.9. The van der Waals surface area contributed by atoms with E-state index in [1.54, 1.807) is 23.5 Å². The topological polar surface area (TPSA) is 110 Å². The molecule has 0 aliphatic carbocycles. The van der Waals surface area contributed by atoms with E-state index >= 15 is 0 Å². The Bertz CT molecular complexity index is 1520. The third-order valence-corrected chi connectivity index (χ3v) is 8.65. The van der Waals surface area contributed by atoms with Crippen LogP contribution in [-0.2, 0) is 25.7 Å². The lowest BCUT2D eigenvalue weighted by atomic mass is 9.93. The van der Waals surface area contributed by atoms with E-state index in [0.29, 0.717) is 71.8 Å². The smallest absolute Gasteiger partial charge is 0.330 e. The molecule has 252 valence electrons. The summed E-state index contributed by atoms with van der Waals surface area (Å²) in [6.07, 6.45) is 6.40. The van der Waals surface area contributed by atoms with Gasteiger partial charge in [-0.2, -0.15) is 0 Å². The Labute approximate surface area is 286 Å². The number of carbonyl (C=O) groups excluding carboxylic acids is 2. The van der Waals surface area contributed by atoms with Crippen LogP contribution in [0, 0.1) is 11.3 Å². The molecule has 1 aromatic carbocycles. The minimum absolute atomic E-state index is 0.154. The number of hydroxylamine groups is 2. The first-order valence-corrected chi connectivity index (χ1v) is 16.7. The van der Waals surface area contributed by atoms with Crippen LogP contribution in [0.4, 0.5) is 5.95 Å². The molecule has 2 aromatic heterocycles. The lowest BCUT2D eigenvalue weighted by Crippen LogP contribution is -2.36. The highest BCUT2D eigenvalue weighted by molar-refractivity contribution is 6.35. The van der Waals surface area contributed by atoms with Crippen molar-refractivity contribution in [1.82, 2.24) is 24.9 Å².